The first kappa shape index (κ1) is 34.0. The highest BCUT2D eigenvalue weighted by atomic mass is 32.2. The molecule has 2 aliphatic rings. The number of primary amides is 1. The number of β-lactam (4-membered cyclic amide) rings is 1. The Balaban J connectivity index is 1.74. The molecule has 17 heteroatoms. The van der Waals surface area contributed by atoms with E-state index in [0.717, 1.165) is 4.90 Å². The fourth-order valence-electron chi connectivity index (χ4n) is 3.70. The topological polar surface area (TPSA) is 215 Å². The number of esters is 3. The van der Waals surface area contributed by atoms with Crippen LogP contribution in [0.5, 0.6) is 0 Å². The number of nitrogens with zero attached hydrogens (tertiary/aromatic N) is 2. The van der Waals surface area contributed by atoms with Gasteiger partial charge in [-0.05, 0) is 53.7 Å². The van der Waals surface area contributed by atoms with Gasteiger partial charge in [0.05, 0.1) is 11.7 Å². The molecule has 1 saturated heterocycles. The van der Waals surface area contributed by atoms with Gasteiger partial charge in [-0.3, -0.25) is 19.3 Å². The van der Waals surface area contributed by atoms with Gasteiger partial charge in [-0.25, -0.2) is 14.4 Å². The highest BCUT2D eigenvalue weighted by Crippen LogP contribution is 2.40. The first-order valence-corrected chi connectivity index (χ1v) is 14.2. The van der Waals surface area contributed by atoms with Gasteiger partial charge in [0.1, 0.15) is 29.3 Å². The van der Waals surface area contributed by atoms with E-state index >= 15 is 0 Å². The highest BCUT2D eigenvalue weighted by molar-refractivity contribution is 8.00. The zero-order valence-corrected chi connectivity index (χ0v) is 25.8. The van der Waals surface area contributed by atoms with E-state index < -0.39 is 78.3 Å². The van der Waals surface area contributed by atoms with Gasteiger partial charge in [0.25, 0.3) is 11.8 Å². The lowest BCUT2D eigenvalue weighted by Gasteiger charge is -2.49. The van der Waals surface area contributed by atoms with Crippen LogP contribution < -0.4 is 11.1 Å². The van der Waals surface area contributed by atoms with Crippen molar-refractivity contribution < 1.29 is 57.0 Å². The number of hydrogen-bond donors (Lipinski definition) is 2. The molecule has 16 nitrogen and oxygen atoms in total. The average molecular weight is 639 g/mol. The van der Waals surface area contributed by atoms with Crippen molar-refractivity contribution in [3.05, 3.63) is 35.4 Å². The van der Waals surface area contributed by atoms with Gasteiger partial charge >= 0.3 is 24.0 Å². The van der Waals surface area contributed by atoms with Gasteiger partial charge in [0.15, 0.2) is 5.76 Å². The van der Waals surface area contributed by atoms with Crippen LogP contribution >= 0.6 is 11.8 Å². The zero-order chi connectivity index (χ0) is 32.8. The summed E-state index contributed by atoms with van der Waals surface area (Å²) < 4.78 is 25.3. The number of fused-ring (bicyclic) bond motifs is 1. The van der Waals surface area contributed by atoms with Crippen LogP contribution in [0.3, 0.4) is 0 Å². The number of amides is 3. The van der Waals surface area contributed by atoms with E-state index in [4.69, 9.17) is 33.9 Å². The summed E-state index contributed by atoms with van der Waals surface area (Å²) in [6.45, 7) is 8.14. The van der Waals surface area contributed by atoms with Gasteiger partial charge in [0, 0.05) is 11.3 Å². The molecule has 3 amide bonds. The minimum atomic E-state index is -1.13. The van der Waals surface area contributed by atoms with Crippen molar-refractivity contribution in [2.45, 2.75) is 58.6 Å². The Kier molecular flexibility index (Phi) is 10.7. The number of thioether (sulfide) groups is 1. The van der Waals surface area contributed by atoms with Gasteiger partial charge in [-0.15, -0.1) is 11.8 Å². The average Bonchev–Trinajstić information content (AvgIpc) is 3.45. The van der Waals surface area contributed by atoms with Crippen LogP contribution in [0.15, 0.2) is 39.2 Å². The quantitative estimate of drug-likeness (QED) is 0.0871. The fourth-order valence-corrected chi connectivity index (χ4v) is 5.03. The number of furan rings is 1. The van der Waals surface area contributed by atoms with Crippen LogP contribution in [0.1, 0.15) is 47.3 Å². The Morgan fingerprint density at radius 2 is 1.82 bits per heavy atom. The molecule has 3 rings (SSSR count). The van der Waals surface area contributed by atoms with Gasteiger partial charge in [-0.2, -0.15) is 0 Å². The molecule has 44 heavy (non-hydrogen) atoms. The smallest absolute Gasteiger partial charge is 0.404 e. The van der Waals surface area contributed by atoms with Gasteiger partial charge in [-0.1, -0.05) is 5.16 Å². The number of carbonyl (C=O) groups is 6. The molecule has 0 aliphatic carbocycles. The second-order valence-electron chi connectivity index (χ2n) is 11.4. The van der Waals surface area contributed by atoms with Crippen LogP contribution in [0.25, 0.3) is 0 Å². The minimum absolute atomic E-state index is 0.00790. The summed E-state index contributed by atoms with van der Waals surface area (Å²) in [5.74, 6) is -3.84. The molecule has 0 bridgehead atoms. The maximum Gasteiger partial charge on any atom is 0.404 e. The molecule has 2 atom stereocenters. The molecule has 0 saturated carbocycles. The molecule has 2 aliphatic heterocycles. The lowest BCUT2D eigenvalue weighted by atomic mass is 9.98. The second kappa shape index (κ2) is 13.8. The third-order valence-electron chi connectivity index (χ3n) is 5.64. The van der Waals surface area contributed by atoms with Crippen LogP contribution in [0.2, 0.25) is 0 Å². The maximum atomic E-state index is 13.3. The lowest BCUT2D eigenvalue weighted by molar-refractivity contribution is -0.173. The molecule has 0 radical (unpaired) electrons. The number of nitrogens with one attached hydrogen (secondary N) is 1. The largest absolute Gasteiger partial charge is 0.462 e. The minimum Gasteiger partial charge on any atom is -0.462 e. The Morgan fingerprint density at radius 3 is 2.41 bits per heavy atom. The standard InChI is InChI=1S/C27H34N4O12S/c1-26(2,3)24(36)41-13-40-23(35)19-14(10-39-25(28)37)12-44-22-18(21(34)31(19)22)29-20(33)17(15-8-7-9-38-15)30-42-11-16(32)43-27(4,5)6/h7-9,18,22H,10-13H2,1-6H3,(H2,28,37)(H,29,33)/t18-,22-/m1/s1. The Hall–Kier alpha value is -4.54. The van der Waals surface area contributed by atoms with E-state index in [2.05, 4.69) is 10.5 Å². The Morgan fingerprint density at radius 1 is 1.11 bits per heavy atom. The number of rotatable bonds is 11. The molecule has 0 unspecified atom stereocenters. The number of ether oxygens (including phenoxy) is 4. The summed E-state index contributed by atoms with van der Waals surface area (Å²) in [6.07, 6.45) is 0.186. The van der Waals surface area contributed by atoms with E-state index in [0.29, 0.717) is 0 Å². The monoisotopic (exact) mass is 638 g/mol. The molecule has 3 heterocycles. The van der Waals surface area contributed by atoms with E-state index in [-0.39, 0.29) is 28.5 Å². The van der Waals surface area contributed by atoms with E-state index in [1.165, 1.54) is 30.2 Å². The molecular weight excluding hydrogens is 604 g/mol. The predicted molar refractivity (Wildman–Crippen MR) is 151 cm³/mol. The number of carbonyl (C=O) groups excluding carboxylic acids is 6. The summed E-state index contributed by atoms with van der Waals surface area (Å²) in [7, 11) is 0. The normalized spacial score (nSPS) is 18.5. The predicted octanol–water partition coefficient (Wildman–Crippen LogP) is 1.18. The Labute approximate surface area is 256 Å². The molecule has 1 aromatic rings. The highest BCUT2D eigenvalue weighted by Gasteiger charge is 2.55. The number of nitrogens with two attached hydrogens (primary N) is 1. The number of hydrogen-bond acceptors (Lipinski definition) is 14. The first-order valence-electron chi connectivity index (χ1n) is 13.2. The van der Waals surface area contributed by atoms with Crippen molar-refractivity contribution >= 4 is 53.3 Å². The van der Waals surface area contributed by atoms with E-state index in [1.807, 2.05) is 0 Å². The van der Waals surface area contributed by atoms with Crippen LogP contribution in [0.4, 0.5) is 4.79 Å². The van der Waals surface area contributed by atoms with Crippen LogP contribution in [0, 0.1) is 5.41 Å². The second-order valence-corrected chi connectivity index (χ2v) is 12.5. The molecule has 0 aromatic carbocycles. The molecule has 1 aromatic heterocycles. The molecule has 1 fully saturated rings. The van der Waals surface area contributed by atoms with Crippen molar-refractivity contribution in [3.63, 3.8) is 0 Å². The summed E-state index contributed by atoms with van der Waals surface area (Å²) in [6, 6.07) is 1.79. The fraction of sp³-hybridized carbons (Fsp3) is 0.519. The third-order valence-corrected chi connectivity index (χ3v) is 6.98. The van der Waals surface area contributed by atoms with E-state index in [1.54, 1.807) is 41.5 Å². The van der Waals surface area contributed by atoms with Crippen molar-refractivity contribution in [1.29, 1.82) is 0 Å². The van der Waals surface area contributed by atoms with Crippen LogP contribution in [-0.2, 0) is 47.8 Å². The third kappa shape index (κ3) is 8.75. The summed E-state index contributed by atoms with van der Waals surface area (Å²) in [5, 5.41) is 5.50. The Bertz CT molecular complexity index is 1360. The summed E-state index contributed by atoms with van der Waals surface area (Å²) >= 11 is 1.17. The van der Waals surface area contributed by atoms with Crippen molar-refractivity contribution in [2.24, 2.45) is 16.3 Å². The lowest BCUT2D eigenvalue weighted by Crippen LogP contribution is -2.71. The summed E-state index contributed by atoms with van der Waals surface area (Å²) in [4.78, 5) is 80.9. The number of oxime groups is 1. The molecule has 240 valence electrons. The van der Waals surface area contributed by atoms with Crippen LogP contribution in [-0.4, -0.2) is 89.2 Å². The van der Waals surface area contributed by atoms with E-state index in [9.17, 15) is 28.8 Å². The van der Waals surface area contributed by atoms with Crippen molar-refractivity contribution in [2.75, 3.05) is 25.8 Å². The maximum absolute atomic E-state index is 13.3. The molecule has 0 spiro atoms. The van der Waals surface area contributed by atoms with Crippen molar-refractivity contribution in [1.82, 2.24) is 10.2 Å². The van der Waals surface area contributed by atoms with Crippen molar-refractivity contribution in [3.8, 4) is 0 Å². The van der Waals surface area contributed by atoms with Gasteiger partial charge < -0.3 is 39.3 Å². The zero-order valence-electron chi connectivity index (χ0n) is 25.0. The summed E-state index contributed by atoms with van der Waals surface area (Å²) in [5.41, 5.74) is 3.06. The molecule has 3 N–H and O–H groups in total. The SMILES string of the molecule is CC(C)(C)OC(=O)CON=C(C(=O)N[C@@H]1C(=O)N2C(C(=O)OCOC(=O)C(C)(C)C)=C(COC(N)=O)CS[C@H]12)c1ccco1. The first-order chi connectivity index (χ1) is 20.5. The molecular formula is C27H34N4O12S. The van der Waals surface area contributed by atoms with Gasteiger partial charge in [0.2, 0.25) is 19.1 Å².